The topological polar surface area (TPSA) is 172 Å². The van der Waals surface area contributed by atoms with Crippen LogP contribution in [0.4, 0.5) is 21.1 Å². The maximum atomic E-state index is 13.3. The van der Waals surface area contributed by atoms with Crippen LogP contribution in [0.2, 0.25) is 0 Å². The molecule has 13 heteroatoms. The van der Waals surface area contributed by atoms with Gasteiger partial charge in [0.2, 0.25) is 0 Å². The molecule has 248 valence electrons. The van der Waals surface area contributed by atoms with Crippen molar-refractivity contribution >= 4 is 46.5 Å². The van der Waals surface area contributed by atoms with Crippen molar-refractivity contribution in [1.82, 2.24) is 20.3 Å². The van der Waals surface area contributed by atoms with Crippen LogP contribution in [-0.2, 0) is 20.8 Å². The van der Waals surface area contributed by atoms with Gasteiger partial charge in [-0.05, 0) is 68.8 Å². The number of ether oxygens (including phenoxy) is 3. The third-order valence-electron chi connectivity index (χ3n) is 7.19. The molecule has 2 aromatic carbocycles. The van der Waals surface area contributed by atoms with Gasteiger partial charge in [0.25, 0.3) is 0 Å². The number of alkyl carbamates (subject to hydrolysis) is 1. The summed E-state index contributed by atoms with van der Waals surface area (Å²) in [6.07, 6.45) is 4.25. The molecule has 4 rings (SSSR count). The Morgan fingerprint density at radius 3 is 2.51 bits per heavy atom. The Labute approximate surface area is 273 Å². The molecule has 2 aromatic heterocycles. The largest absolute Gasteiger partial charge is 0.466 e. The van der Waals surface area contributed by atoms with Gasteiger partial charge in [-0.3, -0.25) is 20.4 Å². The number of anilines is 2. The van der Waals surface area contributed by atoms with Crippen LogP contribution < -0.4 is 20.3 Å². The second-order valence-corrected chi connectivity index (χ2v) is 10.7. The molecule has 0 fully saturated rings. The number of carbonyl (C=O) groups is 3. The molecule has 0 atom stereocenters. The number of aromatic nitrogens is 3. The summed E-state index contributed by atoms with van der Waals surface area (Å²) in [7, 11) is 0. The molecule has 2 heterocycles. The molecule has 0 aliphatic heterocycles. The quantitative estimate of drug-likeness (QED) is 0.0490. The Kier molecular flexibility index (Phi) is 12.7. The zero-order valence-electron chi connectivity index (χ0n) is 26.9. The molecule has 0 spiro atoms. The second kappa shape index (κ2) is 17.3. The van der Waals surface area contributed by atoms with E-state index in [4.69, 9.17) is 24.6 Å². The van der Waals surface area contributed by atoms with E-state index in [0.29, 0.717) is 47.2 Å². The van der Waals surface area contributed by atoms with Gasteiger partial charge in [0, 0.05) is 29.6 Å². The molecule has 4 aromatic rings. The molecule has 0 aliphatic carbocycles. The lowest BCUT2D eigenvalue weighted by Gasteiger charge is -2.21. The van der Waals surface area contributed by atoms with E-state index in [1.165, 1.54) is 4.90 Å². The fraction of sp³-hybridized carbons (Fsp3) is 0.353. The van der Waals surface area contributed by atoms with Crippen molar-refractivity contribution in [3.63, 3.8) is 0 Å². The zero-order valence-corrected chi connectivity index (χ0v) is 26.9. The number of amidine groups is 1. The van der Waals surface area contributed by atoms with Gasteiger partial charge >= 0.3 is 18.2 Å². The lowest BCUT2D eigenvalue weighted by molar-refractivity contribution is -0.142. The van der Waals surface area contributed by atoms with Crippen LogP contribution in [-0.4, -0.2) is 58.7 Å². The summed E-state index contributed by atoms with van der Waals surface area (Å²) in [4.78, 5) is 50.7. The van der Waals surface area contributed by atoms with Crippen LogP contribution >= 0.6 is 0 Å². The maximum absolute atomic E-state index is 13.3. The Morgan fingerprint density at radius 1 is 0.979 bits per heavy atom. The number of H-pyrrole nitrogens is 1. The van der Waals surface area contributed by atoms with Gasteiger partial charge in [0.1, 0.15) is 23.2 Å². The first kappa shape index (κ1) is 34.4. The zero-order chi connectivity index (χ0) is 33.6. The number of rotatable bonds is 15. The first-order chi connectivity index (χ1) is 22.8. The number of esters is 1. The first-order valence-electron chi connectivity index (χ1n) is 15.7. The molecule has 13 nitrogen and oxygen atoms in total. The molecule has 0 aliphatic rings. The Morgan fingerprint density at radius 2 is 1.79 bits per heavy atom. The molecular formula is C34H41N7O6. The van der Waals surface area contributed by atoms with Crippen molar-refractivity contribution < 1.29 is 28.6 Å². The third kappa shape index (κ3) is 10.0. The Hall–Kier alpha value is -5.46. The number of carbonyl (C=O) groups excluding carboxylic acids is 3. The number of hydrogen-bond acceptors (Lipinski definition) is 10. The maximum Gasteiger partial charge on any atom is 0.420 e. The van der Waals surface area contributed by atoms with Crippen LogP contribution in [0.1, 0.15) is 62.9 Å². The number of imidazole rings is 1. The van der Waals surface area contributed by atoms with Crippen molar-refractivity contribution in [2.24, 2.45) is 0 Å². The molecular weight excluding hydrogens is 602 g/mol. The van der Waals surface area contributed by atoms with Gasteiger partial charge in [-0.25, -0.2) is 19.6 Å². The summed E-state index contributed by atoms with van der Waals surface area (Å²) in [5.41, 5.74) is 3.43. The number of aryl methyl sites for hydroxylation is 1. The number of hydrogen-bond donors (Lipinski definition) is 4. The lowest BCUT2D eigenvalue weighted by Crippen LogP contribution is -2.36. The number of unbranched alkanes of at least 4 members (excludes halogenated alkanes) is 3. The van der Waals surface area contributed by atoms with Crippen molar-refractivity contribution in [2.75, 3.05) is 30.0 Å². The van der Waals surface area contributed by atoms with Crippen LogP contribution in [0.5, 0.6) is 5.75 Å². The smallest absolute Gasteiger partial charge is 0.420 e. The minimum atomic E-state index is -0.682. The number of aromatic amines is 1. The van der Waals surface area contributed by atoms with Crippen molar-refractivity contribution in [2.45, 2.75) is 59.4 Å². The highest BCUT2D eigenvalue weighted by atomic mass is 16.6. The highest BCUT2D eigenvalue weighted by Gasteiger charge is 2.22. The monoisotopic (exact) mass is 643 g/mol. The molecule has 0 saturated carbocycles. The predicted octanol–water partition coefficient (Wildman–Crippen LogP) is 6.47. The number of nitrogens with zero attached hydrogens (tertiary/aromatic N) is 3. The molecule has 4 N–H and O–H groups in total. The van der Waals surface area contributed by atoms with Crippen molar-refractivity contribution in [3.05, 3.63) is 77.7 Å². The van der Waals surface area contributed by atoms with E-state index in [2.05, 4.69) is 27.5 Å². The van der Waals surface area contributed by atoms with E-state index < -0.39 is 18.2 Å². The summed E-state index contributed by atoms with van der Waals surface area (Å²) in [5.74, 6) is 0.884. The fourth-order valence-corrected chi connectivity index (χ4v) is 4.68. The van der Waals surface area contributed by atoms with Crippen molar-refractivity contribution in [3.8, 4) is 5.75 Å². The number of pyridine rings is 1. The number of benzene rings is 2. The molecule has 0 bridgehead atoms. The fourth-order valence-electron chi connectivity index (χ4n) is 4.68. The molecule has 0 saturated heterocycles. The Balaban J connectivity index is 1.34. The Bertz CT molecular complexity index is 1660. The van der Waals surface area contributed by atoms with E-state index in [-0.39, 0.29) is 25.4 Å². The van der Waals surface area contributed by atoms with E-state index in [9.17, 15) is 14.4 Å². The lowest BCUT2D eigenvalue weighted by atomic mass is 10.2. The average Bonchev–Trinajstić information content (AvgIpc) is 3.50. The highest BCUT2D eigenvalue weighted by Crippen LogP contribution is 2.27. The van der Waals surface area contributed by atoms with E-state index in [1.54, 1.807) is 55.6 Å². The summed E-state index contributed by atoms with van der Waals surface area (Å²) in [6, 6.07) is 15.7. The SMILES string of the molecule is CCCCCCOC(=O)NC(=N)c1ccc(NCc2nc3c(C)c(OC(=O)N(CCC(=O)OCC)c4ccccn4)ccc3[nH]2)cc1. The van der Waals surface area contributed by atoms with Crippen LogP contribution in [0.3, 0.4) is 0 Å². The van der Waals surface area contributed by atoms with E-state index in [0.717, 1.165) is 36.9 Å². The van der Waals surface area contributed by atoms with Gasteiger partial charge < -0.3 is 24.5 Å². The van der Waals surface area contributed by atoms with E-state index >= 15 is 0 Å². The third-order valence-corrected chi connectivity index (χ3v) is 7.19. The average molecular weight is 644 g/mol. The number of fused-ring (bicyclic) bond motifs is 1. The molecule has 0 unspecified atom stereocenters. The summed E-state index contributed by atoms with van der Waals surface area (Å²) < 4.78 is 15.9. The summed E-state index contributed by atoms with van der Waals surface area (Å²) >= 11 is 0. The van der Waals surface area contributed by atoms with Crippen molar-refractivity contribution in [1.29, 1.82) is 5.41 Å². The minimum absolute atomic E-state index is 0.0106. The standard InChI is InChI=1S/C34H41N7O6/c1-4-6-7-10-21-46-33(43)40-32(35)24-12-14-25(15-13-24)37-22-28-38-26-16-17-27(23(3)31(26)39-28)47-34(44)41(20-18-30(42)45-5-2)29-11-8-9-19-36-29/h8-9,11-17,19,37H,4-7,10,18,20-22H2,1-3H3,(H,38,39)(H2,35,40,43). The van der Waals surface area contributed by atoms with Gasteiger partial charge in [0.05, 0.1) is 37.2 Å². The molecule has 47 heavy (non-hydrogen) atoms. The molecule has 2 amide bonds. The van der Waals surface area contributed by atoms with Gasteiger partial charge in [-0.2, -0.15) is 0 Å². The summed E-state index contributed by atoms with van der Waals surface area (Å²) in [6.45, 7) is 6.66. The number of amides is 2. The first-order valence-corrected chi connectivity index (χ1v) is 15.7. The second-order valence-electron chi connectivity index (χ2n) is 10.7. The van der Waals surface area contributed by atoms with Crippen LogP contribution in [0.25, 0.3) is 11.0 Å². The van der Waals surface area contributed by atoms with Gasteiger partial charge in [-0.1, -0.05) is 32.3 Å². The normalized spacial score (nSPS) is 10.7. The van der Waals surface area contributed by atoms with Gasteiger partial charge in [0.15, 0.2) is 0 Å². The number of nitrogens with one attached hydrogen (secondary N) is 4. The van der Waals surface area contributed by atoms with Gasteiger partial charge in [-0.15, -0.1) is 0 Å². The summed E-state index contributed by atoms with van der Waals surface area (Å²) in [5, 5.41) is 13.9. The molecule has 0 radical (unpaired) electrons. The van der Waals surface area contributed by atoms with E-state index in [1.807, 2.05) is 19.1 Å². The van der Waals surface area contributed by atoms with Crippen LogP contribution in [0, 0.1) is 12.3 Å². The predicted molar refractivity (Wildman–Crippen MR) is 179 cm³/mol. The van der Waals surface area contributed by atoms with Crippen LogP contribution in [0.15, 0.2) is 60.8 Å². The minimum Gasteiger partial charge on any atom is -0.466 e. The highest BCUT2D eigenvalue weighted by molar-refractivity contribution is 6.04.